The number of hydrogen-bond donors (Lipinski definition) is 0. The molecule has 2 rings (SSSR count). The van der Waals surface area contributed by atoms with E-state index in [0.29, 0.717) is 0 Å². The van der Waals surface area contributed by atoms with E-state index in [1.807, 2.05) is 0 Å². The topological polar surface area (TPSA) is 60.4 Å². The van der Waals surface area contributed by atoms with E-state index in [1.54, 1.807) is 36.4 Å². The van der Waals surface area contributed by atoms with E-state index in [2.05, 4.69) is 4.18 Å². The number of benzene rings is 2. The van der Waals surface area contributed by atoms with Crippen LogP contribution in [0.3, 0.4) is 0 Å². The average molecular weight is 286 g/mol. The zero-order chi connectivity index (χ0) is 13.0. The number of hydrogen-bond acceptors (Lipinski definition) is 4. The maximum atomic E-state index is 11.8. The van der Waals surface area contributed by atoms with Gasteiger partial charge in [-0.2, -0.15) is 8.42 Å². The first kappa shape index (κ1) is 15.9. The van der Waals surface area contributed by atoms with Crippen molar-refractivity contribution in [3.8, 4) is 0 Å². The standard InChI is InChI=1S/C13H10O4S.Na.H/c14-13(11-7-3-1-4-8-11)17-18(15,16)12-9-5-2-6-10-12;;/h1-10H;;. The fourth-order valence-electron chi connectivity index (χ4n) is 1.36. The van der Waals surface area contributed by atoms with Gasteiger partial charge in [0.2, 0.25) is 0 Å². The first-order valence-electron chi connectivity index (χ1n) is 5.18. The molecule has 0 saturated carbocycles. The van der Waals surface area contributed by atoms with Crippen LogP contribution in [0.25, 0.3) is 0 Å². The summed E-state index contributed by atoms with van der Waals surface area (Å²) in [4.78, 5) is 11.6. The van der Waals surface area contributed by atoms with Crippen molar-refractivity contribution in [3.63, 3.8) is 0 Å². The quantitative estimate of drug-likeness (QED) is 0.635. The van der Waals surface area contributed by atoms with E-state index in [1.165, 1.54) is 24.3 Å². The van der Waals surface area contributed by atoms with Crippen LogP contribution in [-0.2, 0) is 14.3 Å². The molecule has 0 amide bonds. The van der Waals surface area contributed by atoms with Gasteiger partial charge < -0.3 is 4.18 Å². The van der Waals surface area contributed by atoms with Gasteiger partial charge in [0, 0.05) is 0 Å². The second-order valence-corrected chi connectivity index (χ2v) is 5.05. The Balaban J connectivity index is 0.00000180. The first-order valence-corrected chi connectivity index (χ1v) is 6.59. The molecule has 0 aliphatic heterocycles. The fraction of sp³-hybridized carbons (Fsp3) is 0. The Morgan fingerprint density at radius 2 is 1.32 bits per heavy atom. The summed E-state index contributed by atoms with van der Waals surface area (Å²) in [5, 5.41) is 0. The number of carbonyl (C=O) groups excluding carboxylic acids is 1. The molecule has 0 unspecified atom stereocenters. The van der Waals surface area contributed by atoms with Gasteiger partial charge in [-0.25, -0.2) is 4.79 Å². The minimum atomic E-state index is -4.06. The Morgan fingerprint density at radius 3 is 1.84 bits per heavy atom. The molecule has 19 heavy (non-hydrogen) atoms. The molecule has 0 saturated heterocycles. The molecule has 94 valence electrons. The van der Waals surface area contributed by atoms with E-state index in [0.717, 1.165) is 0 Å². The van der Waals surface area contributed by atoms with E-state index >= 15 is 0 Å². The second-order valence-electron chi connectivity index (χ2n) is 3.50. The Kier molecular flexibility index (Phi) is 5.75. The Morgan fingerprint density at radius 1 is 0.842 bits per heavy atom. The van der Waals surface area contributed by atoms with Gasteiger partial charge in [-0.1, -0.05) is 36.4 Å². The zero-order valence-corrected chi connectivity index (χ0v) is 10.1. The predicted molar refractivity (Wildman–Crippen MR) is 72.6 cm³/mol. The summed E-state index contributed by atoms with van der Waals surface area (Å²) in [6.45, 7) is 0. The minimum absolute atomic E-state index is 0. The van der Waals surface area contributed by atoms with Crippen LogP contribution in [-0.4, -0.2) is 43.9 Å². The molecule has 6 heteroatoms. The summed E-state index contributed by atoms with van der Waals surface area (Å²) in [7, 11) is -4.06. The van der Waals surface area contributed by atoms with Gasteiger partial charge in [-0.05, 0) is 24.3 Å². The van der Waals surface area contributed by atoms with Gasteiger partial charge in [0.1, 0.15) is 4.90 Å². The summed E-state index contributed by atoms with van der Waals surface area (Å²) >= 11 is 0. The van der Waals surface area contributed by atoms with E-state index in [9.17, 15) is 13.2 Å². The summed E-state index contributed by atoms with van der Waals surface area (Å²) in [6, 6.07) is 15.5. The molecule has 2 aromatic rings. The second kappa shape index (κ2) is 6.86. The summed E-state index contributed by atoms with van der Waals surface area (Å²) in [5.74, 6) is -0.889. The molecule has 0 aliphatic rings. The van der Waals surface area contributed by atoms with Crippen LogP contribution in [0.2, 0.25) is 0 Å². The van der Waals surface area contributed by atoms with E-state index < -0.39 is 16.1 Å². The number of rotatable bonds is 3. The van der Waals surface area contributed by atoms with E-state index in [4.69, 9.17) is 0 Å². The molecule has 0 bridgehead atoms. The van der Waals surface area contributed by atoms with Crippen LogP contribution in [0.5, 0.6) is 0 Å². The summed E-state index contributed by atoms with van der Waals surface area (Å²) in [5.41, 5.74) is 0.192. The van der Waals surface area contributed by atoms with Gasteiger partial charge in [0.05, 0.1) is 5.56 Å². The van der Waals surface area contributed by atoms with Gasteiger partial charge in [-0.3, -0.25) is 0 Å². The van der Waals surface area contributed by atoms with Crippen molar-refractivity contribution < 1.29 is 17.4 Å². The monoisotopic (exact) mass is 286 g/mol. The molecular formula is C13H11NaO4S. The molecule has 0 atom stereocenters. The van der Waals surface area contributed by atoms with Gasteiger partial charge in [0.25, 0.3) is 0 Å². The average Bonchev–Trinajstić information content (AvgIpc) is 2.40. The van der Waals surface area contributed by atoms with Crippen LogP contribution in [0.15, 0.2) is 65.6 Å². The van der Waals surface area contributed by atoms with Gasteiger partial charge in [-0.15, -0.1) is 0 Å². The van der Waals surface area contributed by atoms with Crippen molar-refractivity contribution >= 4 is 45.6 Å². The molecule has 0 radical (unpaired) electrons. The summed E-state index contributed by atoms with van der Waals surface area (Å²) in [6.07, 6.45) is 0. The van der Waals surface area contributed by atoms with Gasteiger partial charge in [0.15, 0.2) is 0 Å². The fourth-order valence-corrected chi connectivity index (χ4v) is 2.24. The zero-order valence-electron chi connectivity index (χ0n) is 9.31. The third kappa shape index (κ3) is 4.18. The SMILES string of the molecule is O=C(OS(=O)(=O)c1ccccc1)c1ccccc1.[NaH]. The third-order valence-corrected chi connectivity index (χ3v) is 3.45. The third-order valence-electron chi connectivity index (χ3n) is 2.23. The Hall–Kier alpha value is -1.14. The van der Waals surface area contributed by atoms with Crippen LogP contribution in [0.4, 0.5) is 0 Å². The summed E-state index contributed by atoms with van der Waals surface area (Å²) < 4.78 is 28.1. The number of carbonyl (C=O) groups is 1. The van der Waals surface area contributed by atoms with Crippen molar-refractivity contribution in [3.05, 3.63) is 66.2 Å². The van der Waals surface area contributed by atoms with Crippen molar-refractivity contribution in [2.24, 2.45) is 0 Å². The van der Waals surface area contributed by atoms with E-state index in [-0.39, 0.29) is 40.0 Å². The van der Waals surface area contributed by atoms with Crippen molar-refractivity contribution in [2.45, 2.75) is 4.90 Å². The molecule has 0 aromatic heterocycles. The molecule has 2 aromatic carbocycles. The molecular weight excluding hydrogens is 275 g/mol. The molecule has 0 heterocycles. The molecule has 0 aliphatic carbocycles. The van der Waals surface area contributed by atoms with Crippen molar-refractivity contribution in [1.29, 1.82) is 0 Å². The predicted octanol–water partition coefficient (Wildman–Crippen LogP) is 1.58. The first-order chi connectivity index (χ1) is 8.59. The Bertz CT molecular complexity index is 639. The molecule has 0 fully saturated rings. The van der Waals surface area contributed by atoms with Crippen LogP contribution in [0, 0.1) is 0 Å². The van der Waals surface area contributed by atoms with Gasteiger partial charge >= 0.3 is 45.6 Å². The van der Waals surface area contributed by atoms with Crippen molar-refractivity contribution in [2.75, 3.05) is 0 Å². The van der Waals surface area contributed by atoms with Crippen LogP contribution >= 0.6 is 0 Å². The maximum absolute atomic E-state index is 11.8. The van der Waals surface area contributed by atoms with Crippen LogP contribution in [0.1, 0.15) is 10.4 Å². The molecule has 0 spiro atoms. The molecule has 4 nitrogen and oxygen atoms in total. The normalized spacial score (nSPS) is 10.3. The van der Waals surface area contributed by atoms with Crippen LogP contribution < -0.4 is 0 Å². The molecule has 0 N–H and O–H groups in total. The van der Waals surface area contributed by atoms with Crippen molar-refractivity contribution in [1.82, 2.24) is 0 Å². The Labute approximate surface area is 133 Å².